The Balaban J connectivity index is -0.0000000800. The molecule has 0 fully saturated rings. The zero-order chi connectivity index (χ0) is 4.50. The van der Waals surface area contributed by atoms with Crippen LogP contribution >= 0.6 is 0 Å². The van der Waals surface area contributed by atoms with Gasteiger partial charge in [0.2, 0.25) is 0 Å². The molecule has 0 aliphatic heterocycles. The Bertz CT molecular complexity index is 92.9. The van der Waals surface area contributed by atoms with E-state index in [4.69, 9.17) is 14.7 Å². The monoisotopic (exact) mass is 207 g/mol. The van der Waals surface area contributed by atoms with Crippen molar-refractivity contribution < 1.29 is 89.8 Å². The molecule has 7 heteroatoms. The van der Waals surface area contributed by atoms with Crippen molar-refractivity contribution in [1.82, 2.24) is 0 Å². The number of hydrogen-bond acceptors (Lipinski definition) is 4. The SMILES string of the molecule is [Na+].[Na+].[O]=[Tc](=[O])([O-])[O-]. The average Bonchev–Trinajstić information content (AvgIpc) is 0.722. The summed E-state index contributed by atoms with van der Waals surface area (Å²) in [5.74, 6) is 0. The zero-order valence-corrected chi connectivity index (χ0v) is 9.87. The molecule has 0 rings (SSSR count). The van der Waals surface area contributed by atoms with E-state index >= 15 is 0 Å². The molecule has 0 unspecified atom stereocenters. The Hall–Kier alpha value is 2.17. The summed E-state index contributed by atoms with van der Waals surface area (Å²) in [7, 11) is 0. The van der Waals surface area contributed by atoms with Gasteiger partial charge in [0.1, 0.15) is 0 Å². The molecule has 0 aliphatic rings. The molecule has 0 saturated carbocycles. The third kappa shape index (κ3) is 66.1. The van der Waals surface area contributed by atoms with Gasteiger partial charge in [0.25, 0.3) is 0 Å². The van der Waals surface area contributed by atoms with Gasteiger partial charge in [0, 0.05) is 0 Å². The number of hydrogen-bond donors (Lipinski definition) is 0. The fraction of sp³-hybridized carbons (Fsp3) is 0. The molecule has 0 aromatic heterocycles. The normalized spacial score (nSPS) is 8.29. The standard InChI is InChI=1S/2Na.4O.Tc/q2*+1;;;2*-1;. The molecule has 0 heterocycles. The summed E-state index contributed by atoms with van der Waals surface area (Å²) in [5.41, 5.74) is 0. The summed E-state index contributed by atoms with van der Waals surface area (Å²) >= 11 is -5.94. The maximum absolute atomic E-state index is 8.62. The van der Waals surface area contributed by atoms with E-state index in [1.165, 1.54) is 0 Å². The molecular weight excluding hydrogens is 208 g/mol. The first-order valence-corrected chi connectivity index (χ1v) is 3.65. The van der Waals surface area contributed by atoms with Crippen molar-refractivity contribution >= 4 is 0 Å². The Labute approximate surface area is 88.3 Å². The van der Waals surface area contributed by atoms with E-state index in [-0.39, 0.29) is 59.1 Å². The van der Waals surface area contributed by atoms with E-state index in [2.05, 4.69) is 0 Å². The van der Waals surface area contributed by atoms with Gasteiger partial charge in [0.15, 0.2) is 0 Å². The van der Waals surface area contributed by atoms with Crippen molar-refractivity contribution in [2.24, 2.45) is 0 Å². The van der Waals surface area contributed by atoms with Crippen LogP contribution in [0.15, 0.2) is 0 Å². The molecule has 0 amide bonds. The molecule has 0 N–H and O–H groups in total. The Morgan fingerprint density at radius 1 is 1.00 bits per heavy atom. The molecule has 0 spiro atoms. The van der Waals surface area contributed by atoms with Gasteiger partial charge in [-0.1, -0.05) is 0 Å². The van der Waals surface area contributed by atoms with Crippen LogP contribution in [0.3, 0.4) is 0 Å². The minimum atomic E-state index is -5.94. The predicted octanol–water partition coefficient (Wildman–Crippen LogP) is -8.61. The summed E-state index contributed by atoms with van der Waals surface area (Å²) in [6.45, 7) is 0. The summed E-state index contributed by atoms with van der Waals surface area (Å²) in [5, 5.41) is 0. The first-order valence-electron chi connectivity index (χ1n) is 0.617. The van der Waals surface area contributed by atoms with Gasteiger partial charge < -0.3 is 0 Å². The predicted molar refractivity (Wildman–Crippen MR) is 1.37 cm³/mol. The molecule has 0 atom stereocenters. The quantitative estimate of drug-likeness (QED) is 0.370. The average molecular weight is 208 g/mol. The van der Waals surface area contributed by atoms with E-state index in [1.54, 1.807) is 0 Å². The van der Waals surface area contributed by atoms with Crippen molar-refractivity contribution in [3.8, 4) is 0 Å². The van der Waals surface area contributed by atoms with Gasteiger partial charge in [-0.2, -0.15) is 0 Å². The second kappa shape index (κ2) is 6.29. The molecule has 7 heavy (non-hydrogen) atoms. The Morgan fingerprint density at radius 2 is 1.00 bits per heavy atom. The summed E-state index contributed by atoms with van der Waals surface area (Å²) in [4.78, 5) is 0. The fourth-order valence-corrected chi connectivity index (χ4v) is 0. The maximum atomic E-state index is 8.62. The van der Waals surface area contributed by atoms with Crippen LogP contribution < -0.4 is 66.8 Å². The van der Waals surface area contributed by atoms with E-state index in [1.807, 2.05) is 0 Å². The molecule has 0 bridgehead atoms. The molecule has 0 aliphatic carbocycles. The summed E-state index contributed by atoms with van der Waals surface area (Å²) in [6.07, 6.45) is 0. The topological polar surface area (TPSA) is 80.3 Å². The summed E-state index contributed by atoms with van der Waals surface area (Å²) in [6, 6.07) is 0. The van der Waals surface area contributed by atoms with Crippen LogP contribution in [0.1, 0.15) is 0 Å². The Kier molecular flexibility index (Phi) is 14.5. The van der Waals surface area contributed by atoms with Crippen molar-refractivity contribution in [2.45, 2.75) is 0 Å². The van der Waals surface area contributed by atoms with Crippen LogP contribution in [-0.4, -0.2) is 0 Å². The van der Waals surface area contributed by atoms with Crippen LogP contribution in [0, 0.1) is 0 Å². The van der Waals surface area contributed by atoms with Gasteiger partial charge in [-0.25, -0.2) is 0 Å². The van der Waals surface area contributed by atoms with Crippen LogP contribution in [-0.2, 0) is 22.9 Å². The van der Waals surface area contributed by atoms with Crippen molar-refractivity contribution in [1.29, 1.82) is 0 Å². The second-order valence-corrected chi connectivity index (χ2v) is 2.24. The molecule has 33 valence electrons. The first-order chi connectivity index (χ1) is 2.00. The van der Waals surface area contributed by atoms with E-state index in [9.17, 15) is 0 Å². The summed E-state index contributed by atoms with van der Waals surface area (Å²) < 4.78 is 34.5. The van der Waals surface area contributed by atoms with E-state index < -0.39 is 15.9 Å². The molecule has 0 aromatic carbocycles. The van der Waals surface area contributed by atoms with Gasteiger partial charge in [-0.15, -0.1) is 0 Å². The van der Waals surface area contributed by atoms with Gasteiger partial charge in [-0.3, -0.25) is 0 Å². The molecule has 0 aromatic rings. The van der Waals surface area contributed by atoms with Crippen molar-refractivity contribution in [3.63, 3.8) is 0 Å². The zero-order valence-electron chi connectivity index (χ0n) is 4.01. The van der Waals surface area contributed by atoms with Crippen LogP contribution in [0.4, 0.5) is 0 Å². The van der Waals surface area contributed by atoms with Gasteiger partial charge in [0.05, 0.1) is 0 Å². The van der Waals surface area contributed by atoms with Crippen molar-refractivity contribution in [3.05, 3.63) is 0 Å². The third-order valence-electron chi connectivity index (χ3n) is 0. The Morgan fingerprint density at radius 3 is 1.00 bits per heavy atom. The van der Waals surface area contributed by atoms with Crippen LogP contribution in [0.25, 0.3) is 0 Å². The molecule has 4 nitrogen and oxygen atoms in total. The van der Waals surface area contributed by atoms with E-state index in [0.717, 1.165) is 0 Å². The van der Waals surface area contributed by atoms with Gasteiger partial charge in [-0.05, 0) is 0 Å². The first kappa shape index (κ1) is 16.1. The molecule has 0 radical (unpaired) electrons. The van der Waals surface area contributed by atoms with Crippen molar-refractivity contribution in [2.75, 3.05) is 0 Å². The molecular formula is Na2O4Tc. The fourth-order valence-electron chi connectivity index (χ4n) is 0. The van der Waals surface area contributed by atoms with Gasteiger partial charge >= 0.3 is 89.8 Å². The second-order valence-electron chi connectivity index (χ2n) is 0.378. The molecule has 0 saturated heterocycles. The number of rotatable bonds is 0. The third-order valence-corrected chi connectivity index (χ3v) is 0. The van der Waals surface area contributed by atoms with Crippen LogP contribution in [0.5, 0.6) is 0 Å². The van der Waals surface area contributed by atoms with Crippen LogP contribution in [0.2, 0.25) is 0 Å². The minimum absolute atomic E-state index is 0. The van der Waals surface area contributed by atoms with E-state index in [0.29, 0.717) is 0 Å².